The van der Waals surface area contributed by atoms with Gasteiger partial charge in [-0.05, 0) is 38.0 Å². The molecule has 244 valence electrons. The summed E-state index contributed by atoms with van der Waals surface area (Å²) in [4.78, 5) is 29.3. The monoisotopic (exact) mass is 622 g/mol. The zero-order valence-corrected chi connectivity index (χ0v) is 27.5. The molecule has 1 aromatic carbocycles. The summed E-state index contributed by atoms with van der Waals surface area (Å²) in [6, 6.07) is 2.86. The van der Waals surface area contributed by atoms with Gasteiger partial charge in [0.05, 0.1) is 12.1 Å². The number of hydrogen-bond donors (Lipinski definition) is 5. The summed E-state index contributed by atoms with van der Waals surface area (Å²) in [7, 11) is 6.35. The first-order valence-electron chi connectivity index (χ1n) is 13.8. The van der Waals surface area contributed by atoms with Gasteiger partial charge in [0.1, 0.15) is 23.4 Å². The summed E-state index contributed by atoms with van der Waals surface area (Å²) in [5.41, 5.74) is 0.868. The fourth-order valence-corrected chi connectivity index (χ4v) is 3.69. The first kappa shape index (κ1) is 43.7. The molecular weight excluding hydrogens is 570 g/mol. The Hall–Kier alpha value is -2.71. The van der Waals surface area contributed by atoms with Crippen molar-refractivity contribution in [3.8, 4) is 0 Å². The van der Waals surface area contributed by atoms with E-state index in [4.69, 9.17) is 5.11 Å². The number of thiazole rings is 1. The van der Waals surface area contributed by atoms with Gasteiger partial charge in [0.15, 0.2) is 5.13 Å². The molecule has 0 bridgehead atoms. The maximum absolute atomic E-state index is 12.2. The van der Waals surface area contributed by atoms with E-state index in [0.717, 1.165) is 32.6 Å². The predicted octanol–water partition coefficient (Wildman–Crippen LogP) is 3.92. The summed E-state index contributed by atoms with van der Waals surface area (Å²) < 4.78 is 28.9. The lowest BCUT2D eigenvalue weighted by Crippen LogP contribution is -2.51. The minimum atomic E-state index is -1.19. The van der Waals surface area contributed by atoms with E-state index in [-0.39, 0.29) is 18.1 Å². The van der Waals surface area contributed by atoms with Gasteiger partial charge in [0.2, 0.25) is 5.91 Å². The Bertz CT molecular complexity index is 913. The van der Waals surface area contributed by atoms with Crippen LogP contribution in [0.15, 0.2) is 23.6 Å². The average Bonchev–Trinajstić information content (AvgIpc) is 3.46. The molecule has 0 radical (unpaired) electrons. The van der Waals surface area contributed by atoms with E-state index >= 15 is 0 Å². The van der Waals surface area contributed by atoms with Gasteiger partial charge < -0.3 is 35.6 Å². The van der Waals surface area contributed by atoms with Crippen molar-refractivity contribution in [2.24, 2.45) is 0 Å². The molecule has 1 aromatic heterocycles. The van der Waals surface area contributed by atoms with Crippen molar-refractivity contribution in [1.82, 2.24) is 15.6 Å². The van der Waals surface area contributed by atoms with Gasteiger partial charge in [-0.15, -0.1) is 11.3 Å². The van der Waals surface area contributed by atoms with Crippen molar-refractivity contribution in [2.75, 3.05) is 46.4 Å². The first-order chi connectivity index (χ1) is 19.9. The van der Waals surface area contributed by atoms with Crippen molar-refractivity contribution in [1.29, 1.82) is 0 Å². The number of benzene rings is 1. The van der Waals surface area contributed by atoms with Gasteiger partial charge in [-0.25, -0.2) is 13.8 Å². The van der Waals surface area contributed by atoms with Crippen LogP contribution in [0.3, 0.4) is 0 Å². The highest BCUT2D eigenvalue weighted by atomic mass is 32.1. The molecule has 0 fully saturated rings. The lowest BCUT2D eigenvalue weighted by Gasteiger charge is -2.27. The molecule has 10 nitrogen and oxygen atoms in total. The van der Waals surface area contributed by atoms with Crippen molar-refractivity contribution in [3.63, 3.8) is 0 Å². The molecular formula is C29H52F2N4O6S. The van der Waals surface area contributed by atoms with E-state index in [9.17, 15) is 28.6 Å². The number of carbonyl (C=O) groups excluding carboxylic acids is 2. The van der Waals surface area contributed by atoms with Gasteiger partial charge in [-0.1, -0.05) is 33.6 Å². The fraction of sp³-hybridized carbons (Fsp3) is 0.621. The highest BCUT2D eigenvalue weighted by molar-refractivity contribution is 7.13. The summed E-state index contributed by atoms with van der Waals surface area (Å²) >= 11 is 1.34. The molecule has 42 heavy (non-hydrogen) atoms. The standard InChI is InChI=1S/C16H28N4O4S.C7H6F2.C3H8O.C2H6.CH4O/c1-5-6-7-11(18-10(2)21)14(23)13(22)8-17-15(24)12-9-25-16(19-12)20(3)4;1-5-2-6(8)4-7(9)3-5;1-3-4-2;2*1-2/h9,11,13-14,22-23H,5-8H2,1-4H3,(H,17,24)(H,18,21);2-4H,1H3;3H2,1-2H3;1-2H3;2H,1H3. The molecule has 3 unspecified atom stereocenters. The second-order valence-corrected chi connectivity index (χ2v) is 9.49. The largest absolute Gasteiger partial charge is 0.400 e. The number of aryl methyl sites for hydroxylation is 1. The Balaban J connectivity index is -0.000000730. The summed E-state index contributed by atoms with van der Waals surface area (Å²) in [6.07, 6.45) is -0.0744. The van der Waals surface area contributed by atoms with Crippen LogP contribution in [-0.2, 0) is 9.53 Å². The van der Waals surface area contributed by atoms with E-state index in [1.165, 1.54) is 30.4 Å². The molecule has 0 saturated heterocycles. The van der Waals surface area contributed by atoms with Crippen LogP contribution >= 0.6 is 11.3 Å². The first-order valence-corrected chi connectivity index (χ1v) is 14.6. The van der Waals surface area contributed by atoms with Crippen molar-refractivity contribution in [3.05, 3.63) is 46.5 Å². The van der Waals surface area contributed by atoms with Crippen LogP contribution in [0.2, 0.25) is 0 Å². The maximum Gasteiger partial charge on any atom is 0.270 e. The number of carbonyl (C=O) groups is 2. The van der Waals surface area contributed by atoms with E-state index in [1.54, 1.807) is 24.3 Å². The number of rotatable bonds is 11. The number of unbranched alkanes of at least 4 members (excludes halogenated alkanes) is 1. The van der Waals surface area contributed by atoms with Crippen molar-refractivity contribution >= 4 is 28.3 Å². The SMILES string of the molecule is CC.CCCCC(NC(C)=O)C(O)C(O)CNC(=O)c1csc(N(C)C)n1.CCOC.CO.Cc1cc(F)cc(F)c1. The fourth-order valence-electron chi connectivity index (χ4n) is 2.96. The lowest BCUT2D eigenvalue weighted by atomic mass is 9.99. The number of aromatic nitrogens is 1. The zero-order chi connectivity index (χ0) is 33.3. The van der Waals surface area contributed by atoms with Crippen LogP contribution in [0, 0.1) is 18.6 Å². The van der Waals surface area contributed by atoms with Gasteiger partial charge >= 0.3 is 0 Å². The maximum atomic E-state index is 12.2. The highest BCUT2D eigenvalue weighted by Crippen LogP contribution is 2.17. The summed E-state index contributed by atoms with van der Waals surface area (Å²) in [5.74, 6) is -1.73. The van der Waals surface area contributed by atoms with Crippen LogP contribution in [0.4, 0.5) is 13.9 Å². The Morgan fingerprint density at radius 3 is 2.00 bits per heavy atom. The number of halogens is 2. The minimum Gasteiger partial charge on any atom is -0.400 e. The molecule has 1 heterocycles. The molecule has 0 aliphatic rings. The lowest BCUT2D eigenvalue weighted by molar-refractivity contribution is -0.121. The number of aliphatic hydroxyl groups is 3. The van der Waals surface area contributed by atoms with Gasteiger partial charge in [0.25, 0.3) is 5.91 Å². The number of nitrogens with one attached hydrogen (secondary N) is 2. The average molecular weight is 623 g/mol. The molecule has 3 atom stereocenters. The highest BCUT2D eigenvalue weighted by Gasteiger charge is 2.27. The van der Waals surface area contributed by atoms with Gasteiger partial charge in [-0.2, -0.15) is 0 Å². The number of aliphatic hydroxyl groups excluding tert-OH is 3. The Kier molecular flexibility index (Phi) is 28.3. The number of hydrogen-bond acceptors (Lipinski definition) is 9. The predicted molar refractivity (Wildman–Crippen MR) is 166 cm³/mol. The molecule has 0 aliphatic heterocycles. The molecule has 0 spiro atoms. The zero-order valence-electron chi connectivity index (χ0n) is 26.7. The van der Waals surface area contributed by atoms with Crippen LogP contribution in [0.1, 0.15) is 69.9 Å². The molecule has 0 aliphatic carbocycles. The molecule has 2 rings (SSSR count). The molecule has 2 aromatic rings. The van der Waals surface area contributed by atoms with Crippen molar-refractivity contribution in [2.45, 2.75) is 79.1 Å². The minimum absolute atomic E-state index is 0.128. The number of amides is 2. The Labute approximate surface area is 254 Å². The van der Waals surface area contributed by atoms with E-state index in [1.807, 2.05) is 41.8 Å². The third-order valence-electron chi connectivity index (χ3n) is 4.94. The third-order valence-corrected chi connectivity index (χ3v) is 5.95. The molecule has 0 saturated carbocycles. The number of methoxy groups -OCH3 is 1. The van der Waals surface area contributed by atoms with Crippen LogP contribution in [0.5, 0.6) is 0 Å². The second kappa shape index (κ2) is 27.1. The normalized spacial score (nSPS) is 11.7. The van der Waals surface area contributed by atoms with E-state index in [2.05, 4.69) is 20.4 Å². The Morgan fingerprint density at radius 1 is 1.10 bits per heavy atom. The Morgan fingerprint density at radius 2 is 1.62 bits per heavy atom. The number of nitrogens with zero attached hydrogens (tertiary/aromatic N) is 2. The van der Waals surface area contributed by atoms with E-state index in [0.29, 0.717) is 17.1 Å². The molecule has 2 amide bonds. The third kappa shape index (κ3) is 21.1. The van der Waals surface area contributed by atoms with Gasteiger partial charge in [-0.3, -0.25) is 9.59 Å². The van der Waals surface area contributed by atoms with E-state index < -0.39 is 35.8 Å². The number of anilines is 1. The van der Waals surface area contributed by atoms with Crippen LogP contribution < -0.4 is 15.5 Å². The molecule has 13 heteroatoms. The topological polar surface area (TPSA) is 144 Å². The second-order valence-electron chi connectivity index (χ2n) is 8.65. The quantitative estimate of drug-likeness (QED) is 0.254. The summed E-state index contributed by atoms with van der Waals surface area (Å²) in [6.45, 7) is 11.7. The number of ether oxygens (including phenoxy) is 1. The van der Waals surface area contributed by atoms with Crippen molar-refractivity contribution < 1.29 is 38.4 Å². The smallest absolute Gasteiger partial charge is 0.270 e. The van der Waals surface area contributed by atoms with Crippen LogP contribution in [0.25, 0.3) is 0 Å². The summed E-state index contributed by atoms with van der Waals surface area (Å²) in [5, 5.41) is 35.0. The van der Waals surface area contributed by atoms with Crippen LogP contribution in [-0.4, -0.2) is 91.8 Å². The van der Waals surface area contributed by atoms with Gasteiger partial charge in [0, 0.05) is 59.8 Å². The molecule has 5 N–H and O–H groups in total.